The third-order valence-electron chi connectivity index (χ3n) is 2.64. The highest BCUT2D eigenvalue weighted by atomic mass is 16.6. The van der Waals surface area contributed by atoms with Gasteiger partial charge in [-0.15, -0.1) is 0 Å². The lowest BCUT2D eigenvalue weighted by molar-refractivity contribution is 0.137. The summed E-state index contributed by atoms with van der Waals surface area (Å²) in [6.45, 7) is 6.01. The zero-order valence-corrected chi connectivity index (χ0v) is 14.8. The Bertz CT molecular complexity index is 188. The van der Waals surface area contributed by atoms with Crippen LogP contribution in [0.25, 0.3) is 0 Å². The maximum atomic E-state index is 8.56. The van der Waals surface area contributed by atoms with Crippen LogP contribution in [-0.4, -0.2) is 79.1 Å². The number of nitrogens with one attached hydrogen (secondary N) is 2. The van der Waals surface area contributed by atoms with Crippen LogP contribution >= 0.6 is 0 Å². The van der Waals surface area contributed by atoms with E-state index in [0.29, 0.717) is 0 Å². The number of nitrogens with two attached hydrogens (primary N) is 2. The van der Waals surface area contributed by atoms with Gasteiger partial charge in [0.25, 0.3) is 0 Å². The van der Waals surface area contributed by atoms with Crippen molar-refractivity contribution in [1.82, 2.24) is 10.6 Å². The molecule has 0 aliphatic heterocycles. The van der Waals surface area contributed by atoms with Crippen molar-refractivity contribution in [2.24, 2.45) is 11.5 Å². The first-order valence-electron chi connectivity index (χ1n) is 8.51. The normalized spacial score (nSPS) is 9.50. The Kier molecular flexibility index (Phi) is 34.8. The standard InChI is InChI=1S/2C7H18N2O.CH2O3/c2*8-4-1-2-5-9-6-3-7-10;2-1(3)4/h2*9-10H,1-8H2;(H2,2,3,4). The lowest BCUT2D eigenvalue weighted by Crippen LogP contribution is -2.18. The molecule has 10 N–H and O–H groups in total. The largest absolute Gasteiger partial charge is 0.503 e. The molecule has 0 bridgehead atoms. The molecule has 0 fully saturated rings. The molecule has 0 saturated heterocycles. The van der Waals surface area contributed by atoms with Gasteiger partial charge in [-0.2, -0.15) is 0 Å². The van der Waals surface area contributed by atoms with Gasteiger partial charge < -0.3 is 42.5 Å². The maximum Gasteiger partial charge on any atom is 0.503 e. The summed E-state index contributed by atoms with van der Waals surface area (Å²) in [7, 11) is 0. The van der Waals surface area contributed by atoms with E-state index < -0.39 is 6.16 Å². The quantitative estimate of drug-likeness (QED) is 0.193. The molecule has 0 radical (unpaired) electrons. The second kappa shape index (κ2) is 30.0. The van der Waals surface area contributed by atoms with Crippen molar-refractivity contribution in [3.8, 4) is 0 Å². The first-order valence-corrected chi connectivity index (χ1v) is 8.51. The zero-order chi connectivity index (χ0) is 18.9. The van der Waals surface area contributed by atoms with E-state index in [-0.39, 0.29) is 13.2 Å². The van der Waals surface area contributed by atoms with E-state index in [1.54, 1.807) is 0 Å². The van der Waals surface area contributed by atoms with E-state index >= 15 is 0 Å². The number of hydrogen-bond donors (Lipinski definition) is 8. The fourth-order valence-electron chi connectivity index (χ4n) is 1.45. The van der Waals surface area contributed by atoms with Crippen molar-refractivity contribution in [2.75, 3.05) is 52.5 Å². The minimum absolute atomic E-state index is 0.282. The first-order chi connectivity index (χ1) is 11.6. The summed E-state index contributed by atoms with van der Waals surface area (Å²) >= 11 is 0. The first kappa shape index (κ1) is 27.9. The predicted octanol–water partition coefficient (Wildman–Crippen LogP) is -0.383. The lowest BCUT2D eigenvalue weighted by atomic mass is 10.3. The number of carboxylic acid groups (broad SMARTS) is 2. The summed E-state index contributed by atoms with van der Waals surface area (Å²) in [5.74, 6) is 0. The Morgan fingerprint density at radius 2 is 0.958 bits per heavy atom. The zero-order valence-electron chi connectivity index (χ0n) is 14.8. The van der Waals surface area contributed by atoms with Crippen LogP contribution in [0.15, 0.2) is 0 Å². The Morgan fingerprint density at radius 1 is 0.667 bits per heavy atom. The van der Waals surface area contributed by atoms with E-state index in [0.717, 1.165) is 77.8 Å². The molecular weight excluding hydrogens is 316 g/mol. The van der Waals surface area contributed by atoms with Crippen LogP contribution in [0.1, 0.15) is 38.5 Å². The Morgan fingerprint density at radius 3 is 1.21 bits per heavy atom. The second-order valence-corrected chi connectivity index (χ2v) is 4.93. The van der Waals surface area contributed by atoms with Gasteiger partial charge in [-0.05, 0) is 77.8 Å². The highest BCUT2D eigenvalue weighted by molar-refractivity contribution is 5.53. The van der Waals surface area contributed by atoms with Gasteiger partial charge in [0.1, 0.15) is 0 Å². The summed E-state index contributed by atoms with van der Waals surface area (Å²) < 4.78 is 0. The van der Waals surface area contributed by atoms with Crippen molar-refractivity contribution in [1.29, 1.82) is 0 Å². The Labute approximate surface area is 145 Å². The number of rotatable bonds is 14. The summed E-state index contributed by atoms with van der Waals surface area (Å²) in [6, 6.07) is 0. The van der Waals surface area contributed by atoms with Crippen molar-refractivity contribution in [3.05, 3.63) is 0 Å². The van der Waals surface area contributed by atoms with Gasteiger partial charge in [-0.1, -0.05) is 0 Å². The van der Waals surface area contributed by atoms with Crippen LogP contribution in [0.2, 0.25) is 0 Å². The fraction of sp³-hybridized carbons (Fsp3) is 0.933. The minimum Gasteiger partial charge on any atom is -0.450 e. The molecule has 9 heteroatoms. The van der Waals surface area contributed by atoms with Gasteiger partial charge in [0.2, 0.25) is 0 Å². The molecule has 148 valence electrons. The predicted molar refractivity (Wildman–Crippen MR) is 96.4 cm³/mol. The van der Waals surface area contributed by atoms with E-state index in [1.807, 2.05) is 0 Å². The molecule has 0 aliphatic carbocycles. The minimum atomic E-state index is -1.83. The van der Waals surface area contributed by atoms with Crippen LogP contribution in [0, 0.1) is 0 Å². The topological polar surface area (TPSA) is 174 Å². The van der Waals surface area contributed by atoms with Gasteiger partial charge in [-0.3, -0.25) is 0 Å². The SMILES string of the molecule is NCCCCNCCCO.NCCCCNCCCO.O=C(O)O. The van der Waals surface area contributed by atoms with Crippen LogP contribution in [0.3, 0.4) is 0 Å². The number of aliphatic hydroxyl groups is 2. The average Bonchev–Trinajstić information content (AvgIpc) is 2.54. The van der Waals surface area contributed by atoms with Crippen LogP contribution in [0.5, 0.6) is 0 Å². The van der Waals surface area contributed by atoms with E-state index in [9.17, 15) is 0 Å². The number of unbranched alkanes of at least 4 members (excludes halogenated alkanes) is 2. The molecule has 24 heavy (non-hydrogen) atoms. The molecule has 0 aromatic heterocycles. The van der Waals surface area contributed by atoms with Crippen molar-refractivity contribution < 1.29 is 25.2 Å². The lowest BCUT2D eigenvalue weighted by Gasteiger charge is -2.00. The molecule has 9 nitrogen and oxygen atoms in total. The number of aliphatic hydroxyl groups excluding tert-OH is 2. The number of hydrogen-bond acceptors (Lipinski definition) is 7. The molecule has 0 amide bonds. The molecular formula is C15H38N4O5. The summed E-state index contributed by atoms with van der Waals surface area (Å²) in [6.07, 6.45) is 4.33. The van der Waals surface area contributed by atoms with Gasteiger partial charge in [-0.25, -0.2) is 4.79 Å². The van der Waals surface area contributed by atoms with E-state index in [1.165, 1.54) is 0 Å². The van der Waals surface area contributed by atoms with Crippen molar-refractivity contribution in [2.45, 2.75) is 38.5 Å². The van der Waals surface area contributed by atoms with E-state index in [2.05, 4.69) is 10.6 Å². The molecule has 0 aromatic rings. The highest BCUT2D eigenvalue weighted by Crippen LogP contribution is 1.82. The molecule has 0 spiro atoms. The number of carbonyl (C=O) groups is 1. The molecule has 0 aliphatic rings. The molecule has 0 heterocycles. The third-order valence-corrected chi connectivity index (χ3v) is 2.64. The van der Waals surface area contributed by atoms with Gasteiger partial charge in [0, 0.05) is 13.2 Å². The van der Waals surface area contributed by atoms with Crippen LogP contribution < -0.4 is 22.1 Å². The van der Waals surface area contributed by atoms with Crippen molar-refractivity contribution in [3.63, 3.8) is 0 Å². The average molecular weight is 354 g/mol. The molecule has 0 unspecified atom stereocenters. The molecule has 0 rings (SSSR count). The van der Waals surface area contributed by atoms with Crippen LogP contribution in [-0.2, 0) is 0 Å². The molecule has 0 saturated carbocycles. The Balaban J connectivity index is -0.000000301. The smallest absolute Gasteiger partial charge is 0.450 e. The summed E-state index contributed by atoms with van der Waals surface area (Å²) in [5.41, 5.74) is 10.6. The Hall–Kier alpha value is -0.970. The van der Waals surface area contributed by atoms with Crippen LogP contribution in [0.4, 0.5) is 4.79 Å². The fourth-order valence-corrected chi connectivity index (χ4v) is 1.45. The molecule has 0 atom stereocenters. The summed E-state index contributed by atoms with van der Waals surface area (Å²) in [5, 5.41) is 37.2. The maximum absolute atomic E-state index is 8.56. The highest BCUT2D eigenvalue weighted by Gasteiger charge is 1.86. The summed E-state index contributed by atoms with van der Waals surface area (Å²) in [4.78, 5) is 8.56. The van der Waals surface area contributed by atoms with Gasteiger partial charge in [0.15, 0.2) is 0 Å². The molecule has 0 aromatic carbocycles. The van der Waals surface area contributed by atoms with Gasteiger partial charge in [0.05, 0.1) is 0 Å². The van der Waals surface area contributed by atoms with Gasteiger partial charge >= 0.3 is 6.16 Å². The van der Waals surface area contributed by atoms with E-state index in [4.69, 9.17) is 36.7 Å². The third kappa shape index (κ3) is 49.7. The van der Waals surface area contributed by atoms with Crippen molar-refractivity contribution >= 4 is 6.16 Å². The monoisotopic (exact) mass is 354 g/mol. The second-order valence-electron chi connectivity index (χ2n) is 4.93.